The Balaban J connectivity index is 1.65. The van der Waals surface area contributed by atoms with Crippen LogP contribution < -0.4 is 10.1 Å². The molecule has 1 spiro atoms. The lowest BCUT2D eigenvalue weighted by Crippen LogP contribution is -2.41. The molecule has 4 nitrogen and oxygen atoms in total. The smallest absolute Gasteiger partial charge is 0.250 e. The van der Waals surface area contributed by atoms with Crippen molar-refractivity contribution in [2.45, 2.75) is 31.0 Å². The van der Waals surface area contributed by atoms with Gasteiger partial charge in [0.05, 0.1) is 18.4 Å². The normalized spacial score (nSPS) is 25.7. The highest BCUT2D eigenvalue weighted by atomic mass is 19.1. The number of pyridine rings is 1. The number of halogens is 2. The van der Waals surface area contributed by atoms with Crippen molar-refractivity contribution in [3.63, 3.8) is 0 Å². The molecule has 0 aliphatic carbocycles. The van der Waals surface area contributed by atoms with Gasteiger partial charge in [0.2, 0.25) is 0 Å². The van der Waals surface area contributed by atoms with Gasteiger partial charge in [-0.3, -0.25) is 0 Å². The predicted octanol–water partition coefficient (Wildman–Crippen LogP) is 1.65. The van der Waals surface area contributed by atoms with Crippen LogP contribution in [-0.4, -0.2) is 36.4 Å². The number of aromatic nitrogens is 1. The van der Waals surface area contributed by atoms with E-state index in [1.807, 2.05) is 0 Å². The van der Waals surface area contributed by atoms with Crippen molar-refractivity contribution in [1.29, 1.82) is 0 Å². The van der Waals surface area contributed by atoms with Crippen LogP contribution in [-0.2, 0) is 4.74 Å². The van der Waals surface area contributed by atoms with Crippen molar-refractivity contribution in [2.24, 2.45) is 0 Å². The molecule has 2 aliphatic heterocycles. The molecule has 1 N–H and O–H groups in total. The van der Waals surface area contributed by atoms with Gasteiger partial charge in [-0.2, -0.15) is 0 Å². The summed E-state index contributed by atoms with van der Waals surface area (Å²) in [7, 11) is 0. The van der Waals surface area contributed by atoms with Crippen molar-refractivity contribution >= 4 is 0 Å². The van der Waals surface area contributed by atoms with Gasteiger partial charge in [-0.25, -0.2) is 13.8 Å². The van der Waals surface area contributed by atoms with Gasteiger partial charge in [0.15, 0.2) is 5.82 Å². The Morgan fingerprint density at radius 3 is 2.89 bits per heavy atom. The molecule has 3 heterocycles. The lowest BCUT2D eigenvalue weighted by atomic mass is 9.89. The maximum Gasteiger partial charge on any atom is 0.250 e. The molecule has 1 aromatic rings. The van der Waals surface area contributed by atoms with E-state index in [4.69, 9.17) is 9.47 Å². The lowest BCUT2D eigenvalue weighted by molar-refractivity contribution is -0.0206. The minimum atomic E-state index is -0.772. The monoisotopic (exact) mass is 270 g/mol. The van der Waals surface area contributed by atoms with Crippen LogP contribution in [0, 0.1) is 11.6 Å². The molecule has 19 heavy (non-hydrogen) atoms. The van der Waals surface area contributed by atoms with E-state index in [1.54, 1.807) is 0 Å². The zero-order valence-electron chi connectivity index (χ0n) is 10.5. The van der Waals surface area contributed by atoms with E-state index in [1.165, 1.54) is 0 Å². The van der Waals surface area contributed by atoms with Gasteiger partial charge >= 0.3 is 0 Å². The summed E-state index contributed by atoms with van der Waals surface area (Å²) in [4.78, 5) is 3.63. The average molecular weight is 270 g/mol. The minimum Gasteiger partial charge on any atom is -0.470 e. The van der Waals surface area contributed by atoms with Crippen molar-refractivity contribution in [3.8, 4) is 5.88 Å². The molecular formula is C13H16F2N2O2. The molecule has 2 fully saturated rings. The van der Waals surface area contributed by atoms with Crippen LogP contribution in [0.3, 0.4) is 0 Å². The summed E-state index contributed by atoms with van der Waals surface area (Å²) in [5.41, 5.74) is -0.146. The Morgan fingerprint density at radius 1 is 1.37 bits per heavy atom. The van der Waals surface area contributed by atoms with E-state index < -0.39 is 11.6 Å². The zero-order chi connectivity index (χ0) is 13.3. The van der Waals surface area contributed by atoms with Crippen molar-refractivity contribution in [3.05, 3.63) is 23.9 Å². The summed E-state index contributed by atoms with van der Waals surface area (Å²) in [6, 6.07) is 0.776. The number of rotatable bonds is 2. The highest BCUT2D eigenvalue weighted by Crippen LogP contribution is 2.35. The fourth-order valence-electron chi connectivity index (χ4n) is 2.76. The number of hydrogen-bond acceptors (Lipinski definition) is 4. The third kappa shape index (κ3) is 2.69. The van der Waals surface area contributed by atoms with Crippen LogP contribution in [0.4, 0.5) is 8.78 Å². The van der Waals surface area contributed by atoms with Crippen LogP contribution in [0.2, 0.25) is 0 Å². The van der Waals surface area contributed by atoms with E-state index in [2.05, 4.69) is 10.3 Å². The molecule has 104 valence electrons. The second-order valence-corrected chi connectivity index (χ2v) is 5.13. The summed E-state index contributed by atoms with van der Waals surface area (Å²) in [6.45, 7) is 2.28. The second kappa shape index (κ2) is 5.02. The van der Waals surface area contributed by atoms with Crippen molar-refractivity contribution < 1.29 is 18.3 Å². The third-order valence-corrected chi connectivity index (χ3v) is 3.74. The molecule has 0 aromatic carbocycles. The van der Waals surface area contributed by atoms with Crippen LogP contribution >= 0.6 is 0 Å². The molecule has 0 bridgehead atoms. The minimum absolute atomic E-state index is 0.146. The lowest BCUT2D eigenvalue weighted by Gasteiger charge is -2.32. The number of piperidine rings is 1. The van der Waals surface area contributed by atoms with Crippen LogP contribution in [0.25, 0.3) is 0 Å². The van der Waals surface area contributed by atoms with Gasteiger partial charge in [-0.05, 0) is 25.9 Å². The molecule has 1 aromatic heterocycles. The Labute approximate surface area is 110 Å². The maximum absolute atomic E-state index is 13.5. The van der Waals surface area contributed by atoms with Crippen molar-refractivity contribution in [2.75, 3.05) is 19.7 Å². The largest absolute Gasteiger partial charge is 0.470 e. The first-order chi connectivity index (χ1) is 9.17. The summed E-state index contributed by atoms with van der Waals surface area (Å²) < 4.78 is 37.5. The standard InChI is InChI=1S/C13H16F2N2O2/c14-9-5-11(15)12(17-7-9)19-10-6-13(18-8-10)1-3-16-4-2-13/h5,7,10,16H,1-4,6,8H2. The summed E-state index contributed by atoms with van der Waals surface area (Å²) >= 11 is 0. The molecule has 2 saturated heterocycles. The maximum atomic E-state index is 13.5. The fourth-order valence-corrected chi connectivity index (χ4v) is 2.76. The molecule has 6 heteroatoms. The third-order valence-electron chi connectivity index (χ3n) is 3.74. The highest BCUT2D eigenvalue weighted by molar-refractivity contribution is 5.15. The molecule has 1 atom stereocenters. The molecule has 0 saturated carbocycles. The predicted molar refractivity (Wildman–Crippen MR) is 64.0 cm³/mol. The van der Waals surface area contributed by atoms with Gasteiger partial charge in [0.25, 0.3) is 5.88 Å². The first-order valence-electron chi connectivity index (χ1n) is 6.49. The Bertz CT molecular complexity index is 464. The van der Waals surface area contributed by atoms with Gasteiger partial charge in [0.1, 0.15) is 11.9 Å². The van der Waals surface area contributed by atoms with Crippen LogP contribution in [0.1, 0.15) is 19.3 Å². The summed E-state index contributed by atoms with van der Waals surface area (Å²) in [5.74, 6) is -1.63. The SMILES string of the molecule is Fc1cnc(OC2COC3(CCNCC3)C2)c(F)c1. The van der Waals surface area contributed by atoms with Crippen LogP contribution in [0.15, 0.2) is 12.3 Å². The summed E-state index contributed by atoms with van der Waals surface area (Å²) in [6.07, 6.45) is 3.34. The van der Waals surface area contributed by atoms with Gasteiger partial charge in [-0.15, -0.1) is 0 Å². The zero-order valence-corrected chi connectivity index (χ0v) is 10.5. The van der Waals surface area contributed by atoms with Gasteiger partial charge < -0.3 is 14.8 Å². The second-order valence-electron chi connectivity index (χ2n) is 5.13. The Morgan fingerprint density at radius 2 is 2.16 bits per heavy atom. The van der Waals surface area contributed by atoms with Gasteiger partial charge in [-0.1, -0.05) is 0 Å². The summed E-state index contributed by atoms with van der Waals surface area (Å²) in [5, 5.41) is 3.28. The number of nitrogens with zero attached hydrogens (tertiary/aromatic N) is 1. The van der Waals surface area contributed by atoms with E-state index >= 15 is 0 Å². The highest BCUT2D eigenvalue weighted by Gasteiger charge is 2.42. The molecular weight excluding hydrogens is 254 g/mol. The molecule has 0 amide bonds. The molecule has 2 aliphatic rings. The number of ether oxygens (including phenoxy) is 2. The first-order valence-corrected chi connectivity index (χ1v) is 6.49. The molecule has 3 rings (SSSR count). The fraction of sp³-hybridized carbons (Fsp3) is 0.615. The van der Waals surface area contributed by atoms with E-state index in [-0.39, 0.29) is 17.6 Å². The number of hydrogen-bond donors (Lipinski definition) is 1. The molecule has 0 radical (unpaired) electrons. The van der Waals surface area contributed by atoms with E-state index in [9.17, 15) is 8.78 Å². The van der Waals surface area contributed by atoms with Crippen LogP contribution in [0.5, 0.6) is 5.88 Å². The first kappa shape index (κ1) is 12.7. The topological polar surface area (TPSA) is 43.4 Å². The Hall–Kier alpha value is -1.27. The molecule has 1 unspecified atom stereocenters. The quantitative estimate of drug-likeness (QED) is 0.887. The van der Waals surface area contributed by atoms with Crippen molar-refractivity contribution in [1.82, 2.24) is 10.3 Å². The van der Waals surface area contributed by atoms with Gasteiger partial charge in [0, 0.05) is 12.5 Å². The average Bonchev–Trinajstić information content (AvgIpc) is 2.77. The van der Waals surface area contributed by atoms with E-state index in [0.29, 0.717) is 6.61 Å². The van der Waals surface area contributed by atoms with E-state index in [0.717, 1.165) is 44.6 Å². The Kier molecular flexibility index (Phi) is 3.36. The number of nitrogens with one attached hydrogen (secondary N) is 1.